The number of hydrogen-bond acceptors (Lipinski definition) is 0. The van der Waals surface area contributed by atoms with E-state index in [9.17, 15) is 0 Å². The third kappa shape index (κ3) is 5.77. The molecule has 0 spiro atoms. The number of allylic oxidation sites excluding steroid dienone is 4. The third-order valence-corrected chi connectivity index (χ3v) is 12.1. The molecular weight excluding hydrogens is 697 g/mol. The minimum atomic E-state index is 1.11. The maximum atomic E-state index is 2.35. The SMILES string of the molecule is C1=CC(c2ccc(-c3c4ccccc4c(-c4ccc(-c5c6ccccc6c(-c6ccc(-c7ccccc7)cc6)c6ccccc56)cc4)c4ccccc34)cc2)=CCC1. The predicted molar refractivity (Wildman–Crippen MR) is 250 cm³/mol. The largest absolute Gasteiger partial charge is 0.0836 e. The molecule has 11 rings (SSSR count). The van der Waals surface area contributed by atoms with Crippen LogP contribution < -0.4 is 0 Å². The lowest BCUT2D eigenvalue weighted by Crippen LogP contribution is -1.92. The lowest BCUT2D eigenvalue weighted by atomic mass is 9.84. The summed E-state index contributed by atoms with van der Waals surface area (Å²) in [4.78, 5) is 0. The monoisotopic (exact) mass is 736 g/mol. The van der Waals surface area contributed by atoms with Crippen LogP contribution in [0.4, 0.5) is 0 Å². The van der Waals surface area contributed by atoms with Crippen LogP contribution in [0.5, 0.6) is 0 Å². The molecule has 1 aliphatic rings. The zero-order valence-corrected chi connectivity index (χ0v) is 32.2. The van der Waals surface area contributed by atoms with Crippen molar-refractivity contribution < 1.29 is 0 Å². The highest BCUT2D eigenvalue weighted by Crippen LogP contribution is 2.47. The van der Waals surface area contributed by atoms with E-state index in [2.05, 4.69) is 218 Å². The van der Waals surface area contributed by atoms with Crippen LogP contribution >= 0.6 is 0 Å². The van der Waals surface area contributed by atoms with Crippen molar-refractivity contribution in [2.75, 3.05) is 0 Å². The molecule has 10 aromatic carbocycles. The van der Waals surface area contributed by atoms with Crippen LogP contribution in [-0.4, -0.2) is 0 Å². The molecule has 0 heterocycles. The molecule has 272 valence electrons. The molecule has 0 saturated heterocycles. The Hall–Kier alpha value is -7.28. The first-order chi connectivity index (χ1) is 28.8. The van der Waals surface area contributed by atoms with Gasteiger partial charge in [0.15, 0.2) is 0 Å². The molecule has 58 heavy (non-hydrogen) atoms. The summed E-state index contributed by atoms with van der Waals surface area (Å²) in [7, 11) is 0. The topological polar surface area (TPSA) is 0 Å². The first-order valence-electron chi connectivity index (χ1n) is 20.4. The molecule has 0 aromatic heterocycles. The zero-order chi connectivity index (χ0) is 38.4. The maximum absolute atomic E-state index is 2.35. The van der Waals surface area contributed by atoms with Crippen molar-refractivity contribution in [3.05, 3.63) is 224 Å². The van der Waals surface area contributed by atoms with Crippen LogP contribution in [0.2, 0.25) is 0 Å². The van der Waals surface area contributed by atoms with E-state index in [4.69, 9.17) is 0 Å². The average molecular weight is 737 g/mol. The van der Waals surface area contributed by atoms with Gasteiger partial charge in [0.25, 0.3) is 0 Å². The number of hydrogen-bond donors (Lipinski definition) is 0. The van der Waals surface area contributed by atoms with Gasteiger partial charge in [-0.2, -0.15) is 0 Å². The minimum absolute atomic E-state index is 1.11. The molecule has 0 bridgehead atoms. The molecule has 0 fully saturated rings. The Kier molecular flexibility index (Phi) is 8.41. The Morgan fingerprint density at radius 2 is 0.500 bits per heavy atom. The quantitative estimate of drug-likeness (QED) is 0.149. The van der Waals surface area contributed by atoms with Crippen molar-refractivity contribution in [3.8, 4) is 55.6 Å². The molecular formula is C58H40. The standard InChI is InChI=1S/C58H40/c1-3-15-39(16-4-1)41-27-31-43(32-28-41)55-47-19-7-11-23-51(47)57(52-24-12-8-20-48(52)55)45-35-37-46(38-36-45)58-53-25-13-9-21-49(53)56(50-22-10-14-26-54(50)58)44-33-29-42(30-34-44)40-17-5-2-6-18-40/h1,3-5,7-38H,2,6H2. The van der Waals surface area contributed by atoms with Crippen LogP contribution in [0.15, 0.2) is 218 Å². The van der Waals surface area contributed by atoms with Crippen LogP contribution in [0.25, 0.3) is 104 Å². The molecule has 0 amide bonds. The number of fused-ring (bicyclic) bond motifs is 4. The van der Waals surface area contributed by atoms with Gasteiger partial charge in [0.1, 0.15) is 0 Å². The van der Waals surface area contributed by atoms with Gasteiger partial charge in [0.2, 0.25) is 0 Å². The van der Waals surface area contributed by atoms with E-state index >= 15 is 0 Å². The van der Waals surface area contributed by atoms with Crippen molar-refractivity contribution in [1.82, 2.24) is 0 Å². The van der Waals surface area contributed by atoms with Gasteiger partial charge in [0.05, 0.1) is 0 Å². The van der Waals surface area contributed by atoms with Crippen molar-refractivity contribution in [3.63, 3.8) is 0 Å². The smallest absolute Gasteiger partial charge is 0.00264 e. The van der Waals surface area contributed by atoms with Crippen LogP contribution in [0.3, 0.4) is 0 Å². The second kappa shape index (κ2) is 14.3. The number of rotatable bonds is 6. The molecule has 0 aliphatic heterocycles. The summed E-state index contributed by atoms with van der Waals surface area (Å²) in [6.07, 6.45) is 9.13. The molecule has 1 aliphatic carbocycles. The Balaban J connectivity index is 1.04. The fraction of sp³-hybridized carbons (Fsp3) is 0.0345. The second-order valence-electron chi connectivity index (χ2n) is 15.4. The number of benzene rings is 10. The maximum Gasteiger partial charge on any atom is -0.00264 e. The molecule has 0 saturated carbocycles. The van der Waals surface area contributed by atoms with Crippen molar-refractivity contribution in [2.24, 2.45) is 0 Å². The van der Waals surface area contributed by atoms with E-state index in [1.165, 1.54) is 110 Å². The Morgan fingerprint density at radius 3 is 0.810 bits per heavy atom. The van der Waals surface area contributed by atoms with Crippen molar-refractivity contribution >= 4 is 48.7 Å². The van der Waals surface area contributed by atoms with Gasteiger partial charge in [-0.3, -0.25) is 0 Å². The van der Waals surface area contributed by atoms with E-state index in [1.54, 1.807) is 0 Å². The van der Waals surface area contributed by atoms with Crippen molar-refractivity contribution in [2.45, 2.75) is 12.8 Å². The van der Waals surface area contributed by atoms with E-state index < -0.39 is 0 Å². The summed E-state index contributed by atoms with van der Waals surface area (Å²) in [5, 5.41) is 10.1. The molecule has 0 atom stereocenters. The van der Waals surface area contributed by atoms with Gasteiger partial charge in [-0.25, -0.2) is 0 Å². The summed E-state index contributed by atoms with van der Waals surface area (Å²) >= 11 is 0. The highest BCUT2D eigenvalue weighted by atomic mass is 14.2. The molecule has 0 unspecified atom stereocenters. The Morgan fingerprint density at radius 1 is 0.224 bits per heavy atom. The third-order valence-electron chi connectivity index (χ3n) is 12.1. The van der Waals surface area contributed by atoms with Gasteiger partial charge in [0, 0.05) is 0 Å². The molecule has 0 nitrogen and oxygen atoms in total. The second-order valence-corrected chi connectivity index (χ2v) is 15.4. The van der Waals surface area contributed by atoms with Crippen molar-refractivity contribution in [1.29, 1.82) is 0 Å². The first-order valence-corrected chi connectivity index (χ1v) is 20.4. The van der Waals surface area contributed by atoms with Crippen LogP contribution in [0.1, 0.15) is 18.4 Å². The van der Waals surface area contributed by atoms with E-state index in [-0.39, 0.29) is 0 Å². The van der Waals surface area contributed by atoms with Crippen LogP contribution in [-0.2, 0) is 0 Å². The average Bonchev–Trinajstić information content (AvgIpc) is 3.31. The van der Waals surface area contributed by atoms with Crippen LogP contribution in [0, 0.1) is 0 Å². The highest BCUT2D eigenvalue weighted by Gasteiger charge is 2.19. The molecule has 0 radical (unpaired) electrons. The normalized spacial score (nSPS) is 12.7. The van der Waals surface area contributed by atoms with E-state index in [1.807, 2.05) is 0 Å². The summed E-state index contributed by atoms with van der Waals surface area (Å²) < 4.78 is 0. The van der Waals surface area contributed by atoms with Gasteiger partial charge < -0.3 is 0 Å². The summed E-state index contributed by atoms with van der Waals surface area (Å²) in [5.41, 5.74) is 15.1. The fourth-order valence-corrected chi connectivity index (χ4v) is 9.42. The summed E-state index contributed by atoms with van der Waals surface area (Å²) in [6.45, 7) is 0. The van der Waals surface area contributed by atoms with E-state index in [0.717, 1.165) is 12.8 Å². The Labute approximate surface area is 339 Å². The molecule has 10 aromatic rings. The lowest BCUT2D eigenvalue weighted by Gasteiger charge is -2.19. The molecule has 0 heteroatoms. The summed E-state index contributed by atoms with van der Waals surface area (Å²) in [6, 6.07) is 74.0. The summed E-state index contributed by atoms with van der Waals surface area (Å²) in [5.74, 6) is 0. The lowest BCUT2D eigenvalue weighted by molar-refractivity contribution is 1.04. The Bertz CT molecular complexity index is 3100. The highest BCUT2D eigenvalue weighted by molar-refractivity contribution is 6.23. The fourth-order valence-electron chi connectivity index (χ4n) is 9.42. The molecule has 0 N–H and O–H groups in total. The van der Waals surface area contributed by atoms with Gasteiger partial charge >= 0.3 is 0 Å². The predicted octanol–water partition coefficient (Wildman–Crippen LogP) is 16.4. The van der Waals surface area contributed by atoms with Gasteiger partial charge in [-0.05, 0) is 123 Å². The first kappa shape index (κ1) is 34.0. The van der Waals surface area contributed by atoms with E-state index in [0.29, 0.717) is 0 Å². The zero-order valence-electron chi connectivity index (χ0n) is 32.2. The minimum Gasteiger partial charge on any atom is -0.0836 e. The van der Waals surface area contributed by atoms with Gasteiger partial charge in [-0.1, -0.05) is 218 Å². The van der Waals surface area contributed by atoms with Gasteiger partial charge in [-0.15, -0.1) is 0 Å².